The minimum atomic E-state index is 0.0336. The van der Waals surface area contributed by atoms with E-state index < -0.39 is 0 Å². The Morgan fingerprint density at radius 1 is 1.47 bits per heavy atom. The normalized spacial score (nSPS) is 10.8. The molecule has 1 rings (SSSR count). The van der Waals surface area contributed by atoms with Gasteiger partial charge in [-0.2, -0.15) is 11.3 Å². The smallest absolute Gasteiger partial charge is 0.227 e. The molecule has 96 valence electrons. The zero-order chi connectivity index (χ0) is 12.7. The highest BCUT2D eigenvalue weighted by Crippen LogP contribution is 2.13. The molecule has 0 aliphatic heterocycles. The van der Waals surface area contributed by atoms with E-state index in [1.165, 1.54) is 0 Å². The van der Waals surface area contributed by atoms with Crippen molar-refractivity contribution in [3.63, 3.8) is 0 Å². The minimum Gasteiger partial charge on any atom is -0.395 e. The third kappa shape index (κ3) is 4.13. The second-order valence-corrected chi connectivity index (χ2v) is 4.87. The second kappa shape index (κ2) is 7.45. The molecular formula is C13H21NO2S. The summed E-state index contributed by atoms with van der Waals surface area (Å²) in [6, 6.07) is 2.22. The molecule has 0 fully saturated rings. The predicted octanol–water partition coefficient (Wildman–Crippen LogP) is 2.30. The zero-order valence-corrected chi connectivity index (χ0v) is 11.4. The van der Waals surface area contributed by atoms with E-state index in [1.807, 2.05) is 21.7 Å². The largest absolute Gasteiger partial charge is 0.395 e. The van der Waals surface area contributed by atoms with Gasteiger partial charge in [0.15, 0.2) is 0 Å². The van der Waals surface area contributed by atoms with Crippen molar-refractivity contribution in [2.75, 3.05) is 13.2 Å². The molecule has 1 amide bonds. The molecule has 0 aliphatic rings. The average molecular weight is 255 g/mol. The highest BCUT2D eigenvalue weighted by atomic mass is 32.1. The van der Waals surface area contributed by atoms with Crippen molar-refractivity contribution in [3.8, 4) is 0 Å². The summed E-state index contributed by atoms with van der Waals surface area (Å²) >= 11 is 1.61. The molecule has 1 N–H and O–H groups in total. The highest BCUT2D eigenvalue weighted by Gasteiger charge is 2.20. The van der Waals surface area contributed by atoms with Crippen LogP contribution in [0.25, 0.3) is 0 Å². The number of hydrogen-bond acceptors (Lipinski definition) is 3. The number of amides is 1. The van der Waals surface area contributed by atoms with Crippen molar-refractivity contribution in [2.24, 2.45) is 0 Å². The molecule has 17 heavy (non-hydrogen) atoms. The standard InChI is InChI=1S/C13H21NO2S/c1-3-12(4-2)14(6-7-15)13(16)9-11-5-8-17-10-11/h5,8,10,12,15H,3-4,6-7,9H2,1-2H3. The van der Waals surface area contributed by atoms with E-state index in [0.717, 1.165) is 18.4 Å². The molecule has 0 radical (unpaired) electrons. The highest BCUT2D eigenvalue weighted by molar-refractivity contribution is 7.07. The molecule has 4 heteroatoms. The van der Waals surface area contributed by atoms with Crippen molar-refractivity contribution in [2.45, 2.75) is 39.2 Å². The Hall–Kier alpha value is -0.870. The molecule has 0 atom stereocenters. The topological polar surface area (TPSA) is 40.5 Å². The molecule has 1 aromatic heterocycles. The molecule has 0 saturated heterocycles. The van der Waals surface area contributed by atoms with E-state index in [1.54, 1.807) is 11.3 Å². The number of hydrogen-bond donors (Lipinski definition) is 1. The maximum atomic E-state index is 12.2. The Kier molecular flexibility index (Phi) is 6.22. The van der Waals surface area contributed by atoms with Crippen LogP contribution >= 0.6 is 11.3 Å². The average Bonchev–Trinajstić information content (AvgIpc) is 2.82. The number of aliphatic hydroxyl groups is 1. The fraction of sp³-hybridized carbons (Fsp3) is 0.615. The van der Waals surface area contributed by atoms with Crippen molar-refractivity contribution in [1.82, 2.24) is 4.90 Å². The van der Waals surface area contributed by atoms with Crippen LogP contribution in [0.5, 0.6) is 0 Å². The van der Waals surface area contributed by atoms with Crippen LogP contribution in [0.3, 0.4) is 0 Å². The van der Waals surface area contributed by atoms with Crippen LogP contribution in [0.4, 0.5) is 0 Å². The summed E-state index contributed by atoms with van der Waals surface area (Å²) in [6.45, 7) is 4.63. The summed E-state index contributed by atoms with van der Waals surface area (Å²) in [6.07, 6.45) is 2.32. The Morgan fingerprint density at radius 2 is 2.18 bits per heavy atom. The number of carbonyl (C=O) groups is 1. The molecule has 3 nitrogen and oxygen atoms in total. The molecule has 0 saturated carbocycles. The summed E-state index contributed by atoms with van der Waals surface area (Å²) in [5, 5.41) is 13.0. The first kappa shape index (κ1) is 14.2. The van der Waals surface area contributed by atoms with Gasteiger partial charge in [-0.3, -0.25) is 4.79 Å². The molecule has 1 aromatic rings. The first-order valence-corrected chi connectivity index (χ1v) is 7.08. The minimum absolute atomic E-state index is 0.0336. The number of carbonyl (C=O) groups excluding carboxylic acids is 1. The third-order valence-electron chi connectivity index (χ3n) is 2.98. The lowest BCUT2D eigenvalue weighted by Crippen LogP contribution is -2.42. The van der Waals surface area contributed by atoms with Gasteiger partial charge in [-0.1, -0.05) is 13.8 Å². The lowest BCUT2D eigenvalue weighted by Gasteiger charge is -2.30. The zero-order valence-electron chi connectivity index (χ0n) is 10.6. The summed E-state index contributed by atoms with van der Waals surface area (Å²) in [5.41, 5.74) is 1.06. The summed E-state index contributed by atoms with van der Waals surface area (Å²) in [7, 11) is 0. The monoisotopic (exact) mass is 255 g/mol. The van der Waals surface area contributed by atoms with Gasteiger partial charge < -0.3 is 10.0 Å². The summed E-state index contributed by atoms with van der Waals surface area (Å²) < 4.78 is 0. The van der Waals surface area contributed by atoms with Gasteiger partial charge in [0.1, 0.15) is 0 Å². The Balaban J connectivity index is 2.65. The lowest BCUT2D eigenvalue weighted by molar-refractivity contribution is -0.133. The number of aliphatic hydroxyl groups excluding tert-OH is 1. The Bertz CT molecular complexity index is 320. The molecule has 0 aromatic carbocycles. The maximum Gasteiger partial charge on any atom is 0.227 e. The van der Waals surface area contributed by atoms with Crippen LogP contribution < -0.4 is 0 Å². The van der Waals surface area contributed by atoms with E-state index in [4.69, 9.17) is 5.11 Å². The molecule has 0 spiro atoms. The van der Waals surface area contributed by atoms with Gasteiger partial charge in [0.2, 0.25) is 5.91 Å². The quantitative estimate of drug-likeness (QED) is 0.812. The van der Waals surface area contributed by atoms with E-state index in [-0.39, 0.29) is 18.6 Å². The molecule has 0 unspecified atom stereocenters. The van der Waals surface area contributed by atoms with Crippen LogP contribution in [0.15, 0.2) is 16.8 Å². The maximum absolute atomic E-state index is 12.2. The first-order valence-electron chi connectivity index (χ1n) is 6.14. The van der Waals surface area contributed by atoms with Gasteiger partial charge in [-0.05, 0) is 35.2 Å². The summed E-state index contributed by atoms with van der Waals surface area (Å²) in [4.78, 5) is 14.0. The van der Waals surface area contributed by atoms with E-state index in [2.05, 4.69) is 13.8 Å². The van der Waals surface area contributed by atoms with Gasteiger partial charge in [0.25, 0.3) is 0 Å². The van der Waals surface area contributed by atoms with Gasteiger partial charge in [-0.25, -0.2) is 0 Å². The fourth-order valence-corrected chi connectivity index (χ4v) is 2.69. The van der Waals surface area contributed by atoms with Crippen LogP contribution in [0.2, 0.25) is 0 Å². The van der Waals surface area contributed by atoms with E-state index >= 15 is 0 Å². The van der Waals surface area contributed by atoms with Crippen LogP contribution in [-0.4, -0.2) is 35.1 Å². The molecule has 1 heterocycles. The van der Waals surface area contributed by atoms with E-state index in [9.17, 15) is 4.79 Å². The first-order chi connectivity index (χ1) is 8.22. The second-order valence-electron chi connectivity index (χ2n) is 4.09. The number of rotatable bonds is 7. The molecule has 0 aliphatic carbocycles. The van der Waals surface area contributed by atoms with Gasteiger partial charge >= 0.3 is 0 Å². The Morgan fingerprint density at radius 3 is 2.65 bits per heavy atom. The Labute approximate surface area is 107 Å². The van der Waals surface area contributed by atoms with Crippen LogP contribution in [0, 0.1) is 0 Å². The predicted molar refractivity (Wildman–Crippen MR) is 71.2 cm³/mol. The number of thiophene rings is 1. The SMILES string of the molecule is CCC(CC)N(CCO)C(=O)Cc1ccsc1. The fourth-order valence-electron chi connectivity index (χ4n) is 2.02. The molecule has 0 bridgehead atoms. The van der Waals surface area contributed by atoms with Crippen molar-refractivity contribution in [3.05, 3.63) is 22.4 Å². The van der Waals surface area contributed by atoms with Crippen molar-refractivity contribution < 1.29 is 9.90 Å². The van der Waals surface area contributed by atoms with Crippen LogP contribution in [-0.2, 0) is 11.2 Å². The van der Waals surface area contributed by atoms with Crippen LogP contribution in [0.1, 0.15) is 32.3 Å². The van der Waals surface area contributed by atoms with Crippen molar-refractivity contribution in [1.29, 1.82) is 0 Å². The summed E-state index contributed by atoms with van der Waals surface area (Å²) in [5.74, 6) is 0.117. The van der Waals surface area contributed by atoms with E-state index in [0.29, 0.717) is 13.0 Å². The third-order valence-corrected chi connectivity index (χ3v) is 3.71. The van der Waals surface area contributed by atoms with Gasteiger partial charge in [0.05, 0.1) is 13.0 Å². The lowest BCUT2D eigenvalue weighted by atomic mass is 10.1. The van der Waals surface area contributed by atoms with Gasteiger partial charge in [0, 0.05) is 12.6 Å². The van der Waals surface area contributed by atoms with Crippen molar-refractivity contribution >= 4 is 17.2 Å². The molecular weight excluding hydrogens is 234 g/mol. The van der Waals surface area contributed by atoms with Gasteiger partial charge in [-0.15, -0.1) is 0 Å². The number of nitrogens with zero attached hydrogens (tertiary/aromatic N) is 1.